The predicted molar refractivity (Wildman–Crippen MR) is 124 cm³/mol. The largest absolute Gasteiger partial charge is 0.481 e. The van der Waals surface area contributed by atoms with E-state index < -0.39 is 17.9 Å². The zero-order valence-electron chi connectivity index (χ0n) is 17.2. The van der Waals surface area contributed by atoms with Gasteiger partial charge in [0.1, 0.15) is 18.4 Å². The molecule has 0 saturated carbocycles. The summed E-state index contributed by atoms with van der Waals surface area (Å²) in [7, 11) is 0. The van der Waals surface area contributed by atoms with Crippen molar-refractivity contribution in [1.29, 1.82) is 0 Å². The maximum Gasteiger partial charge on any atom is 0.262 e. The Morgan fingerprint density at radius 2 is 1.90 bits per heavy atom. The van der Waals surface area contributed by atoms with Gasteiger partial charge in [-0.25, -0.2) is 5.43 Å². The van der Waals surface area contributed by atoms with Crippen molar-refractivity contribution in [3.63, 3.8) is 0 Å². The van der Waals surface area contributed by atoms with E-state index in [2.05, 4.69) is 21.8 Å². The number of halogens is 2. The van der Waals surface area contributed by atoms with Gasteiger partial charge in [-0.2, -0.15) is 5.10 Å². The number of carbonyl (C=O) groups excluding carboxylic acids is 2. The Balaban J connectivity index is 2.01. The van der Waals surface area contributed by atoms with E-state index in [1.165, 1.54) is 18.3 Å². The lowest BCUT2D eigenvalue weighted by Gasteiger charge is -2.19. The number of hydrogen-bond acceptors (Lipinski definition) is 4. The number of hydrogen-bond donors (Lipinski definition) is 2. The van der Waals surface area contributed by atoms with Gasteiger partial charge in [0, 0.05) is 5.02 Å². The molecule has 0 aliphatic carbocycles. The van der Waals surface area contributed by atoms with Gasteiger partial charge in [-0.3, -0.25) is 9.59 Å². The van der Waals surface area contributed by atoms with Crippen LogP contribution in [0.2, 0.25) is 10.0 Å². The van der Waals surface area contributed by atoms with E-state index in [0.717, 1.165) is 5.56 Å². The molecule has 2 rings (SSSR count). The Labute approximate surface area is 192 Å². The number of nitrogens with one attached hydrogen (secondary N) is 2. The van der Waals surface area contributed by atoms with Crippen molar-refractivity contribution < 1.29 is 14.3 Å². The van der Waals surface area contributed by atoms with Crippen LogP contribution in [0.15, 0.2) is 47.6 Å². The highest BCUT2D eigenvalue weighted by molar-refractivity contribution is 6.36. The topological polar surface area (TPSA) is 79.8 Å². The summed E-state index contributed by atoms with van der Waals surface area (Å²) in [6.07, 6.45) is 7.08. The van der Waals surface area contributed by atoms with Crippen molar-refractivity contribution >= 4 is 41.2 Å². The van der Waals surface area contributed by atoms with Crippen molar-refractivity contribution in [2.24, 2.45) is 11.0 Å². The van der Waals surface area contributed by atoms with Crippen LogP contribution in [0.5, 0.6) is 5.75 Å². The normalized spacial score (nSPS) is 11.7. The Kier molecular flexibility index (Phi) is 9.39. The second kappa shape index (κ2) is 12.0. The van der Waals surface area contributed by atoms with Crippen LogP contribution in [0.1, 0.15) is 36.2 Å². The van der Waals surface area contributed by atoms with E-state index in [1.807, 2.05) is 13.8 Å². The summed E-state index contributed by atoms with van der Waals surface area (Å²) in [5.41, 5.74) is 3.46. The average molecular weight is 460 g/mol. The fourth-order valence-electron chi connectivity index (χ4n) is 2.64. The monoisotopic (exact) mass is 459 g/mol. The first kappa shape index (κ1) is 24.3. The molecule has 0 saturated heterocycles. The minimum Gasteiger partial charge on any atom is -0.481 e. The van der Waals surface area contributed by atoms with Crippen LogP contribution in [-0.2, 0) is 4.79 Å². The lowest BCUT2D eigenvalue weighted by atomic mass is 10.0. The zero-order valence-corrected chi connectivity index (χ0v) is 18.7. The smallest absolute Gasteiger partial charge is 0.262 e. The molecule has 2 aromatic rings. The standard InChI is InChI=1S/C23H23Cl2N3O3/c1-4-11-31-18-8-5-16(6-9-18)14-26-28-23(30)21(12-15(2)3)27-22(29)19-10-7-17(24)13-20(19)25/h1,5-10,13-15,21H,11-12H2,2-3H3,(H,27,29)(H,28,30)/b26-14-/t21-/m1/s1. The molecule has 0 spiro atoms. The number of nitrogens with zero attached hydrogens (tertiary/aromatic N) is 1. The third-order valence-corrected chi connectivity index (χ3v) is 4.64. The average Bonchev–Trinajstić information content (AvgIpc) is 2.72. The molecule has 0 bridgehead atoms. The molecule has 0 heterocycles. The van der Waals surface area contributed by atoms with Crippen molar-refractivity contribution in [1.82, 2.24) is 10.7 Å². The van der Waals surface area contributed by atoms with Gasteiger partial charge in [-0.1, -0.05) is 43.0 Å². The van der Waals surface area contributed by atoms with E-state index in [1.54, 1.807) is 30.3 Å². The lowest BCUT2D eigenvalue weighted by molar-refractivity contribution is -0.123. The number of rotatable bonds is 9. The highest BCUT2D eigenvalue weighted by atomic mass is 35.5. The lowest BCUT2D eigenvalue weighted by Crippen LogP contribution is -2.46. The summed E-state index contributed by atoms with van der Waals surface area (Å²) in [5, 5.41) is 7.32. The van der Waals surface area contributed by atoms with Gasteiger partial charge in [0.2, 0.25) is 0 Å². The van der Waals surface area contributed by atoms with Crippen molar-refractivity contribution in [2.75, 3.05) is 6.61 Å². The first-order valence-electron chi connectivity index (χ1n) is 9.55. The van der Waals surface area contributed by atoms with Crippen LogP contribution in [0.4, 0.5) is 0 Å². The quantitative estimate of drug-likeness (QED) is 0.333. The van der Waals surface area contributed by atoms with Crippen LogP contribution in [0.3, 0.4) is 0 Å². The molecule has 0 aromatic heterocycles. The van der Waals surface area contributed by atoms with Gasteiger partial charge >= 0.3 is 0 Å². The van der Waals surface area contributed by atoms with Gasteiger partial charge in [-0.05, 0) is 60.4 Å². The highest BCUT2D eigenvalue weighted by Gasteiger charge is 2.23. The van der Waals surface area contributed by atoms with Gasteiger partial charge in [0.15, 0.2) is 0 Å². The number of terminal acetylenes is 1. The van der Waals surface area contributed by atoms with Gasteiger partial charge < -0.3 is 10.1 Å². The Morgan fingerprint density at radius 1 is 1.19 bits per heavy atom. The Bertz CT molecular complexity index is 983. The first-order chi connectivity index (χ1) is 14.8. The summed E-state index contributed by atoms with van der Waals surface area (Å²) in [6.45, 7) is 4.09. The predicted octanol–water partition coefficient (Wildman–Crippen LogP) is 4.30. The summed E-state index contributed by atoms with van der Waals surface area (Å²) < 4.78 is 5.30. The van der Waals surface area contributed by atoms with Gasteiger partial charge in [0.25, 0.3) is 11.8 Å². The number of carbonyl (C=O) groups is 2. The molecule has 0 unspecified atom stereocenters. The third kappa shape index (κ3) is 7.97. The van der Waals surface area contributed by atoms with Crippen LogP contribution < -0.4 is 15.5 Å². The highest BCUT2D eigenvalue weighted by Crippen LogP contribution is 2.21. The van der Waals surface area contributed by atoms with Gasteiger partial charge in [0.05, 0.1) is 16.8 Å². The Morgan fingerprint density at radius 3 is 2.52 bits per heavy atom. The molecule has 0 radical (unpaired) electrons. The SMILES string of the molecule is C#CCOc1ccc(/C=N\NC(=O)[C@@H](CC(C)C)NC(=O)c2ccc(Cl)cc2Cl)cc1. The molecule has 0 aliphatic rings. The molecule has 1 atom stereocenters. The maximum absolute atomic E-state index is 12.6. The summed E-state index contributed by atoms with van der Waals surface area (Å²) in [4.78, 5) is 25.2. The number of hydrazone groups is 1. The van der Waals surface area contributed by atoms with Gasteiger partial charge in [-0.15, -0.1) is 6.42 Å². The fraction of sp³-hybridized carbons (Fsp3) is 0.261. The van der Waals surface area contributed by atoms with E-state index in [0.29, 0.717) is 17.2 Å². The van der Waals surface area contributed by atoms with Crippen molar-refractivity contribution in [3.05, 3.63) is 63.6 Å². The summed E-state index contributed by atoms with van der Waals surface area (Å²) >= 11 is 12.0. The molecule has 2 aromatic carbocycles. The minimum atomic E-state index is -0.782. The van der Waals surface area contributed by atoms with Crippen molar-refractivity contribution in [3.8, 4) is 18.1 Å². The van der Waals surface area contributed by atoms with Crippen LogP contribution in [0.25, 0.3) is 0 Å². The molecular weight excluding hydrogens is 437 g/mol. The van der Waals surface area contributed by atoms with E-state index >= 15 is 0 Å². The molecule has 0 fully saturated rings. The zero-order chi connectivity index (χ0) is 22.8. The van der Waals surface area contributed by atoms with Crippen LogP contribution in [-0.4, -0.2) is 30.7 Å². The van der Waals surface area contributed by atoms with Crippen LogP contribution >= 0.6 is 23.2 Å². The number of ether oxygens (including phenoxy) is 1. The number of amides is 2. The van der Waals surface area contributed by atoms with E-state index in [9.17, 15) is 9.59 Å². The fourth-order valence-corrected chi connectivity index (χ4v) is 3.13. The molecule has 2 amide bonds. The molecule has 162 valence electrons. The summed E-state index contributed by atoms with van der Waals surface area (Å²) in [6, 6.07) is 10.8. The molecule has 2 N–H and O–H groups in total. The second-order valence-electron chi connectivity index (χ2n) is 7.08. The second-order valence-corrected chi connectivity index (χ2v) is 7.92. The third-order valence-electron chi connectivity index (χ3n) is 4.10. The van der Waals surface area contributed by atoms with Crippen LogP contribution in [0, 0.1) is 18.3 Å². The Hall–Kier alpha value is -3.01. The van der Waals surface area contributed by atoms with Crippen molar-refractivity contribution in [2.45, 2.75) is 26.3 Å². The molecule has 8 heteroatoms. The molecule has 6 nitrogen and oxygen atoms in total. The van der Waals surface area contributed by atoms with E-state index in [4.69, 9.17) is 34.4 Å². The van der Waals surface area contributed by atoms with E-state index in [-0.39, 0.29) is 23.1 Å². The summed E-state index contributed by atoms with van der Waals surface area (Å²) in [5.74, 6) is 2.30. The molecular formula is C23H23Cl2N3O3. The molecule has 31 heavy (non-hydrogen) atoms. The first-order valence-corrected chi connectivity index (χ1v) is 10.3. The maximum atomic E-state index is 12.6. The minimum absolute atomic E-state index is 0.163. The number of benzene rings is 2. The molecule has 0 aliphatic heterocycles.